The average Bonchev–Trinajstić information content (AvgIpc) is 2.62. The van der Waals surface area contributed by atoms with Crippen molar-refractivity contribution in [2.24, 2.45) is 0 Å². The van der Waals surface area contributed by atoms with Gasteiger partial charge in [-0.3, -0.25) is 0 Å². The van der Waals surface area contributed by atoms with E-state index in [0.29, 0.717) is 0 Å². The first kappa shape index (κ1) is 9.35. The first-order chi connectivity index (χ1) is 6.42. The van der Waals surface area contributed by atoms with Crippen LogP contribution in [0.25, 0.3) is 5.57 Å². The Labute approximate surface area is 88.1 Å². The molecular formula is C11H14S2. The maximum absolute atomic E-state index is 2.36. The third-order valence-corrected chi connectivity index (χ3v) is 4.26. The summed E-state index contributed by atoms with van der Waals surface area (Å²) in [4.78, 5) is 1.55. The molecule has 0 aliphatic carbocycles. The van der Waals surface area contributed by atoms with Gasteiger partial charge in [0.05, 0.1) is 0 Å². The molecule has 1 aromatic rings. The third kappa shape index (κ3) is 2.00. The van der Waals surface area contributed by atoms with E-state index in [1.165, 1.54) is 25.0 Å². The van der Waals surface area contributed by atoms with Gasteiger partial charge in [0.1, 0.15) is 0 Å². The van der Waals surface area contributed by atoms with E-state index in [1.54, 1.807) is 16.0 Å². The zero-order valence-corrected chi connectivity index (χ0v) is 9.51. The Hall–Kier alpha value is -0.210. The first-order valence-electron chi connectivity index (χ1n) is 4.79. The standard InChI is InChI=1S/C11H14S2/c1-2-3-4-9-7-12-8-10-5-6-13-11(9)10/h5-7H,2-4,8H2,1H3. The van der Waals surface area contributed by atoms with Gasteiger partial charge in [-0.2, -0.15) is 0 Å². The maximum Gasteiger partial charge on any atom is 0.0347 e. The smallest absolute Gasteiger partial charge is 0.0347 e. The number of unbranched alkanes of at least 4 members (excludes halogenated alkanes) is 1. The predicted octanol–water partition coefficient (Wildman–Crippen LogP) is 4.53. The Morgan fingerprint density at radius 2 is 2.38 bits per heavy atom. The largest absolute Gasteiger partial charge is 0.144 e. The SMILES string of the molecule is CCCCC1=CSCc2ccsc21. The normalized spacial score (nSPS) is 15.3. The van der Waals surface area contributed by atoms with Crippen molar-refractivity contribution in [2.75, 3.05) is 0 Å². The number of allylic oxidation sites excluding steroid dienone is 1. The van der Waals surface area contributed by atoms with Crippen molar-refractivity contribution in [3.05, 3.63) is 27.3 Å². The second-order valence-corrected chi connectivity index (χ2v) is 5.11. The number of thioether (sulfide) groups is 1. The molecule has 70 valence electrons. The van der Waals surface area contributed by atoms with E-state index >= 15 is 0 Å². The Morgan fingerprint density at radius 3 is 3.23 bits per heavy atom. The highest BCUT2D eigenvalue weighted by Gasteiger charge is 2.13. The van der Waals surface area contributed by atoms with E-state index in [1.807, 2.05) is 23.1 Å². The lowest BCUT2D eigenvalue weighted by atomic mass is 10.1. The quantitative estimate of drug-likeness (QED) is 0.706. The summed E-state index contributed by atoms with van der Waals surface area (Å²) >= 11 is 3.85. The molecule has 0 spiro atoms. The summed E-state index contributed by atoms with van der Waals surface area (Å²) < 4.78 is 0. The summed E-state index contributed by atoms with van der Waals surface area (Å²) in [5, 5.41) is 4.57. The minimum Gasteiger partial charge on any atom is -0.144 e. The van der Waals surface area contributed by atoms with Crippen molar-refractivity contribution >= 4 is 28.7 Å². The van der Waals surface area contributed by atoms with Crippen LogP contribution >= 0.6 is 23.1 Å². The van der Waals surface area contributed by atoms with Gasteiger partial charge in [0.15, 0.2) is 0 Å². The van der Waals surface area contributed by atoms with Crippen LogP contribution < -0.4 is 0 Å². The summed E-state index contributed by atoms with van der Waals surface area (Å²) in [5.74, 6) is 1.18. The molecule has 0 aromatic carbocycles. The monoisotopic (exact) mass is 210 g/mol. The van der Waals surface area contributed by atoms with Crippen LogP contribution in [0, 0.1) is 0 Å². The molecule has 0 atom stereocenters. The summed E-state index contributed by atoms with van der Waals surface area (Å²) in [5.41, 5.74) is 3.12. The van der Waals surface area contributed by atoms with Gasteiger partial charge >= 0.3 is 0 Å². The Morgan fingerprint density at radius 1 is 1.46 bits per heavy atom. The van der Waals surface area contributed by atoms with Crippen LogP contribution in [0.5, 0.6) is 0 Å². The molecule has 1 aliphatic rings. The second kappa shape index (κ2) is 4.34. The van der Waals surface area contributed by atoms with Crippen LogP contribution in [0.4, 0.5) is 0 Å². The Balaban J connectivity index is 2.15. The minimum absolute atomic E-state index is 1.18. The number of thiophene rings is 1. The van der Waals surface area contributed by atoms with Gasteiger partial charge in [0.25, 0.3) is 0 Å². The van der Waals surface area contributed by atoms with Gasteiger partial charge in [-0.1, -0.05) is 13.3 Å². The van der Waals surface area contributed by atoms with E-state index in [9.17, 15) is 0 Å². The molecule has 0 saturated carbocycles. The highest BCUT2D eigenvalue weighted by molar-refractivity contribution is 8.01. The molecule has 0 unspecified atom stereocenters. The second-order valence-electron chi connectivity index (χ2n) is 3.33. The zero-order chi connectivity index (χ0) is 9.10. The van der Waals surface area contributed by atoms with Crippen LogP contribution in [-0.4, -0.2) is 0 Å². The molecule has 0 amide bonds. The molecule has 0 radical (unpaired) electrons. The van der Waals surface area contributed by atoms with Crippen LogP contribution in [0.1, 0.15) is 36.6 Å². The highest BCUT2D eigenvalue weighted by atomic mass is 32.2. The van der Waals surface area contributed by atoms with Crippen molar-refractivity contribution in [1.82, 2.24) is 0 Å². The lowest BCUT2D eigenvalue weighted by Gasteiger charge is -2.12. The molecule has 0 nitrogen and oxygen atoms in total. The predicted molar refractivity (Wildman–Crippen MR) is 63.1 cm³/mol. The Kier molecular flexibility index (Phi) is 3.12. The van der Waals surface area contributed by atoms with E-state index < -0.39 is 0 Å². The highest BCUT2D eigenvalue weighted by Crippen LogP contribution is 2.37. The molecule has 0 bridgehead atoms. The molecule has 0 saturated heterocycles. The molecule has 2 heterocycles. The van der Waals surface area contributed by atoms with Crippen LogP contribution in [0.2, 0.25) is 0 Å². The molecule has 2 rings (SSSR count). The van der Waals surface area contributed by atoms with Crippen molar-refractivity contribution in [3.8, 4) is 0 Å². The lowest BCUT2D eigenvalue weighted by Crippen LogP contribution is -1.91. The number of rotatable bonds is 3. The third-order valence-electron chi connectivity index (χ3n) is 2.30. The van der Waals surface area contributed by atoms with Crippen molar-refractivity contribution in [3.63, 3.8) is 0 Å². The molecule has 2 heteroatoms. The fourth-order valence-electron chi connectivity index (χ4n) is 1.56. The summed E-state index contributed by atoms with van der Waals surface area (Å²) in [6, 6.07) is 2.27. The molecule has 1 aliphatic heterocycles. The summed E-state index contributed by atoms with van der Waals surface area (Å²) in [6.07, 6.45) is 3.88. The molecule has 13 heavy (non-hydrogen) atoms. The zero-order valence-electron chi connectivity index (χ0n) is 7.88. The van der Waals surface area contributed by atoms with Crippen LogP contribution in [0.3, 0.4) is 0 Å². The molecule has 0 fully saturated rings. The fraction of sp³-hybridized carbons (Fsp3) is 0.455. The van der Waals surface area contributed by atoms with E-state index in [-0.39, 0.29) is 0 Å². The van der Waals surface area contributed by atoms with E-state index in [2.05, 4.69) is 23.8 Å². The maximum atomic E-state index is 2.36. The first-order valence-corrected chi connectivity index (χ1v) is 6.72. The van der Waals surface area contributed by atoms with Gasteiger partial charge in [-0.05, 0) is 40.8 Å². The van der Waals surface area contributed by atoms with Gasteiger partial charge in [0, 0.05) is 10.6 Å². The van der Waals surface area contributed by atoms with Crippen molar-refractivity contribution in [2.45, 2.75) is 31.9 Å². The topological polar surface area (TPSA) is 0 Å². The Bertz CT molecular complexity index is 310. The van der Waals surface area contributed by atoms with Crippen LogP contribution in [-0.2, 0) is 5.75 Å². The fourth-order valence-corrected chi connectivity index (χ4v) is 3.64. The van der Waals surface area contributed by atoms with Gasteiger partial charge in [-0.25, -0.2) is 0 Å². The van der Waals surface area contributed by atoms with E-state index in [0.717, 1.165) is 0 Å². The minimum atomic E-state index is 1.18. The number of fused-ring (bicyclic) bond motifs is 1. The van der Waals surface area contributed by atoms with Crippen molar-refractivity contribution < 1.29 is 0 Å². The van der Waals surface area contributed by atoms with Gasteiger partial charge in [0.2, 0.25) is 0 Å². The van der Waals surface area contributed by atoms with Gasteiger partial charge < -0.3 is 0 Å². The number of hydrogen-bond donors (Lipinski definition) is 0. The van der Waals surface area contributed by atoms with Crippen molar-refractivity contribution in [1.29, 1.82) is 0 Å². The summed E-state index contributed by atoms with van der Waals surface area (Å²) in [6.45, 7) is 2.26. The van der Waals surface area contributed by atoms with Crippen LogP contribution in [0.15, 0.2) is 16.9 Å². The lowest BCUT2D eigenvalue weighted by molar-refractivity contribution is 0.825. The summed E-state index contributed by atoms with van der Waals surface area (Å²) in [7, 11) is 0. The number of hydrogen-bond acceptors (Lipinski definition) is 2. The molecular weight excluding hydrogens is 196 g/mol. The average molecular weight is 210 g/mol. The van der Waals surface area contributed by atoms with Gasteiger partial charge in [-0.15, -0.1) is 23.1 Å². The molecule has 0 N–H and O–H groups in total. The molecule has 1 aromatic heterocycles. The van der Waals surface area contributed by atoms with E-state index in [4.69, 9.17) is 0 Å².